The van der Waals surface area contributed by atoms with Crippen molar-refractivity contribution in [3.8, 4) is 0 Å². The molecule has 0 unspecified atom stereocenters. The van der Waals surface area contributed by atoms with Crippen LogP contribution in [0.4, 0.5) is 34.1 Å². The number of rotatable bonds is 2. The maximum Gasteiger partial charge on any atom is 0.252 e. The van der Waals surface area contributed by atoms with Crippen molar-refractivity contribution < 1.29 is 4.42 Å². The fourth-order valence-electron chi connectivity index (χ4n) is 8.94. The van der Waals surface area contributed by atoms with Gasteiger partial charge in [0.05, 0.1) is 5.69 Å². The molecular weight excluding hydrogens is 679 g/mol. The van der Waals surface area contributed by atoms with E-state index in [-0.39, 0.29) is 28.4 Å². The van der Waals surface area contributed by atoms with Gasteiger partial charge in [-0.05, 0) is 109 Å². The van der Waals surface area contributed by atoms with Crippen LogP contribution < -0.4 is 26.2 Å². The Balaban J connectivity index is 1.45. The maximum atomic E-state index is 7.05. The summed E-state index contributed by atoms with van der Waals surface area (Å²) in [6.07, 6.45) is 0. The molecule has 0 saturated heterocycles. The normalized spacial score (nSPS) is 14.3. The van der Waals surface area contributed by atoms with Crippen molar-refractivity contribution in [2.45, 2.75) is 105 Å². The molecule has 2 aliphatic heterocycles. The van der Waals surface area contributed by atoms with Crippen LogP contribution in [0.15, 0.2) is 120 Å². The zero-order valence-corrected chi connectivity index (χ0v) is 35.3. The molecule has 6 aromatic carbocycles. The summed E-state index contributed by atoms with van der Waals surface area (Å²) in [5.41, 5.74) is 18.2. The van der Waals surface area contributed by atoms with Gasteiger partial charge < -0.3 is 14.2 Å². The van der Waals surface area contributed by atoms with Gasteiger partial charge in [-0.15, -0.1) is 0 Å². The number of benzene rings is 6. The summed E-state index contributed by atoms with van der Waals surface area (Å²) in [4.78, 5) is 5.04. The average Bonchev–Trinajstić information content (AvgIpc) is 3.51. The molecule has 0 atom stereocenters. The molecule has 0 radical (unpaired) electrons. The first-order valence-corrected chi connectivity index (χ1v) is 20.4. The van der Waals surface area contributed by atoms with E-state index in [0.717, 1.165) is 39.0 Å². The van der Waals surface area contributed by atoms with Crippen LogP contribution in [0.2, 0.25) is 0 Å². The Morgan fingerprint density at radius 2 is 0.875 bits per heavy atom. The second-order valence-electron chi connectivity index (χ2n) is 20.4. The van der Waals surface area contributed by atoms with Crippen LogP contribution in [0.3, 0.4) is 0 Å². The third-order valence-electron chi connectivity index (χ3n) is 12.3. The zero-order valence-electron chi connectivity index (χ0n) is 35.3. The van der Waals surface area contributed by atoms with E-state index in [4.69, 9.17) is 4.42 Å². The second kappa shape index (κ2) is 12.1. The molecule has 4 heteroatoms. The second-order valence-corrected chi connectivity index (χ2v) is 20.4. The highest BCUT2D eigenvalue weighted by atomic mass is 16.3. The monoisotopic (exact) mass is 734 g/mol. The van der Waals surface area contributed by atoms with Gasteiger partial charge in [0.25, 0.3) is 6.71 Å². The van der Waals surface area contributed by atoms with Gasteiger partial charge in [0, 0.05) is 39.2 Å². The van der Waals surface area contributed by atoms with E-state index in [9.17, 15) is 0 Å². The van der Waals surface area contributed by atoms with E-state index in [1.807, 2.05) is 0 Å². The maximum absolute atomic E-state index is 7.05. The van der Waals surface area contributed by atoms with E-state index in [1.54, 1.807) is 0 Å². The molecule has 1 aromatic heterocycles. The number of para-hydroxylation sites is 1. The van der Waals surface area contributed by atoms with Crippen LogP contribution in [0.1, 0.15) is 105 Å². The van der Waals surface area contributed by atoms with E-state index >= 15 is 0 Å². The molecule has 0 amide bonds. The predicted molar refractivity (Wildman–Crippen MR) is 243 cm³/mol. The van der Waals surface area contributed by atoms with E-state index < -0.39 is 0 Å². The summed E-state index contributed by atoms with van der Waals surface area (Å²) in [7, 11) is 0. The first-order valence-electron chi connectivity index (χ1n) is 20.4. The molecule has 0 fully saturated rings. The van der Waals surface area contributed by atoms with Crippen LogP contribution in [-0.2, 0) is 21.7 Å². The van der Waals surface area contributed by atoms with Crippen molar-refractivity contribution >= 4 is 79.2 Å². The summed E-state index contributed by atoms with van der Waals surface area (Å²) >= 11 is 0. The van der Waals surface area contributed by atoms with Crippen molar-refractivity contribution in [3.63, 3.8) is 0 Å². The molecule has 282 valence electrons. The molecular formula is C52H55BN2O. The lowest BCUT2D eigenvalue weighted by Gasteiger charge is -2.45. The molecule has 2 aliphatic rings. The number of hydrogen-bond acceptors (Lipinski definition) is 3. The summed E-state index contributed by atoms with van der Waals surface area (Å²) < 4.78 is 7.05. The highest BCUT2D eigenvalue weighted by Gasteiger charge is 2.46. The summed E-state index contributed by atoms with van der Waals surface area (Å²) in [5.74, 6) is 0. The van der Waals surface area contributed by atoms with E-state index in [2.05, 4.69) is 208 Å². The predicted octanol–water partition coefficient (Wildman–Crippen LogP) is 12.9. The lowest BCUT2D eigenvalue weighted by atomic mass is 9.33. The van der Waals surface area contributed by atoms with Crippen molar-refractivity contribution in [2.24, 2.45) is 0 Å². The van der Waals surface area contributed by atoms with Crippen LogP contribution in [0.5, 0.6) is 0 Å². The first kappa shape index (κ1) is 36.4. The number of nitrogens with zero attached hydrogens (tertiary/aromatic N) is 2. The Labute approximate surface area is 334 Å². The van der Waals surface area contributed by atoms with Gasteiger partial charge >= 0.3 is 0 Å². The smallest absolute Gasteiger partial charge is 0.252 e. The van der Waals surface area contributed by atoms with Crippen LogP contribution in [0, 0.1) is 0 Å². The van der Waals surface area contributed by atoms with Crippen molar-refractivity contribution in [3.05, 3.63) is 138 Å². The van der Waals surface area contributed by atoms with Gasteiger partial charge in [-0.1, -0.05) is 150 Å². The van der Waals surface area contributed by atoms with Gasteiger partial charge in [-0.3, -0.25) is 0 Å². The minimum absolute atomic E-state index is 0.0117. The molecule has 0 spiro atoms. The molecule has 9 rings (SSSR count). The summed E-state index contributed by atoms with van der Waals surface area (Å²) in [6, 6.07) is 44.0. The summed E-state index contributed by atoms with van der Waals surface area (Å²) in [6.45, 7) is 27.7. The van der Waals surface area contributed by atoms with Crippen LogP contribution in [-0.4, -0.2) is 6.71 Å². The molecule has 3 heterocycles. The quantitative estimate of drug-likeness (QED) is 0.165. The molecule has 0 saturated carbocycles. The fourth-order valence-corrected chi connectivity index (χ4v) is 8.94. The van der Waals surface area contributed by atoms with Crippen molar-refractivity contribution in [2.75, 3.05) is 9.80 Å². The average molecular weight is 735 g/mol. The largest absolute Gasteiger partial charge is 0.454 e. The number of hydrogen-bond donors (Lipinski definition) is 0. The zero-order chi connectivity index (χ0) is 39.7. The minimum atomic E-state index is -0.0222. The Morgan fingerprint density at radius 1 is 0.429 bits per heavy atom. The Hall–Kier alpha value is -5.22. The molecule has 0 N–H and O–H groups in total. The van der Waals surface area contributed by atoms with Gasteiger partial charge in [0.2, 0.25) is 0 Å². The van der Waals surface area contributed by atoms with E-state index in [0.29, 0.717) is 0 Å². The third kappa shape index (κ3) is 5.70. The topological polar surface area (TPSA) is 19.6 Å². The summed E-state index contributed by atoms with van der Waals surface area (Å²) in [5, 5.41) is 2.26. The van der Waals surface area contributed by atoms with Crippen LogP contribution >= 0.6 is 0 Å². The van der Waals surface area contributed by atoms with Crippen molar-refractivity contribution in [1.29, 1.82) is 0 Å². The van der Waals surface area contributed by atoms with Gasteiger partial charge in [-0.2, -0.15) is 0 Å². The SMILES string of the molecule is CC(C)(C)c1ccc(N2c3ccc(C(C)(C)C)cc3B3c4cc(C(C)(C)C)ccc4N(c4ccc(C(C)(C)C)cc4)c4c3c2cc2c4oc3ccccc32)cc1. The minimum Gasteiger partial charge on any atom is -0.454 e. The number of anilines is 6. The van der Waals surface area contributed by atoms with E-state index in [1.165, 1.54) is 55.7 Å². The fraction of sp³-hybridized carbons (Fsp3) is 0.308. The van der Waals surface area contributed by atoms with Gasteiger partial charge in [0.1, 0.15) is 5.58 Å². The van der Waals surface area contributed by atoms with Gasteiger partial charge in [-0.25, -0.2) is 0 Å². The highest BCUT2D eigenvalue weighted by molar-refractivity contribution is 7.00. The van der Waals surface area contributed by atoms with Crippen molar-refractivity contribution in [1.82, 2.24) is 0 Å². The number of fused-ring (bicyclic) bond motifs is 8. The highest BCUT2D eigenvalue weighted by Crippen LogP contribution is 2.50. The Kier molecular flexibility index (Phi) is 7.90. The molecule has 0 aliphatic carbocycles. The molecule has 7 aromatic rings. The first-order chi connectivity index (χ1) is 26.3. The third-order valence-corrected chi connectivity index (χ3v) is 12.3. The molecule has 3 nitrogen and oxygen atoms in total. The standard InChI is InChI=1S/C52H55BN2O/c1-49(2,3)32-17-23-36(24-18-32)54-42-27-21-34(51(7,8)9)29-40(42)53-41-30-35(52(10,11)12)22-28-43(41)55(37-25-19-33(20-26-37)50(4,5)6)47-46(53)44(54)31-39-38-15-13-14-16-45(38)56-48(39)47/h13-31H,1-12H3. The molecule has 0 bridgehead atoms. The molecule has 56 heavy (non-hydrogen) atoms. The van der Waals surface area contributed by atoms with Crippen LogP contribution in [0.25, 0.3) is 21.9 Å². The Morgan fingerprint density at radius 3 is 1.38 bits per heavy atom. The number of furan rings is 1. The Bertz CT molecular complexity index is 2650. The van der Waals surface area contributed by atoms with Gasteiger partial charge in [0.15, 0.2) is 5.58 Å². The lowest BCUT2D eigenvalue weighted by molar-refractivity contribution is 0.590. The lowest BCUT2D eigenvalue weighted by Crippen LogP contribution is -2.61.